The summed E-state index contributed by atoms with van der Waals surface area (Å²) in [5.74, 6) is 1.26. The average molecular weight is 359 g/mol. The van der Waals surface area contributed by atoms with E-state index in [4.69, 9.17) is 34.8 Å². The summed E-state index contributed by atoms with van der Waals surface area (Å²) in [5.41, 5.74) is 0.274. The Hall–Kier alpha value is -0.440. The summed E-state index contributed by atoms with van der Waals surface area (Å²) in [5, 5.41) is 4.10. The van der Waals surface area contributed by atoms with Gasteiger partial charge >= 0.3 is 0 Å². The van der Waals surface area contributed by atoms with Crippen LogP contribution < -0.4 is 5.32 Å². The summed E-state index contributed by atoms with van der Waals surface area (Å²) in [7, 11) is 0. The van der Waals surface area contributed by atoms with Gasteiger partial charge in [0.25, 0.3) is 0 Å². The van der Waals surface area contributed by atoms with Gasteiger partial charge in [0, 0.05) is 9.90 Å². The number of carbonyl (C=O) groups is 1. The fraction of sp³-hybridized carbons (Fsp3) is 0.588. The summed E-state index contributed by atoms with van der Waals surface area (Å²) in [4.78, 5) is 12.8. The lowest BCUT2D eigenvalue weighted by molar-refractivity contribution is -0.138. The Morgan fingerprint density at radius 3 is 2.45 bits per heavy atom. The highest BCUT2D eigenvalue weighted by Gasteiger charge is 2.60. The standard InChI is InChI=1S/C17H18Cl3NO/c18-12-1-2-13(19)14(4-12)21-15(22)16-5-10-3-11(6-16)8-17(20,7-10)9-16/h1-2,4,10-11H,3,5-9H2,(H,21,22)/t10-,11+,16?,17?. The predicted octanol–water partition coefficient (Wildman–Crippen LogP) is 5.51. The van der Waals surface area contributed by atoms with Crippen LogP contribution in [0.2, 0.25) is 10.0 Å². The van der Waals surface area contributed by atoms with E-state index in [0.717, 1.165) is 32.1 Å². The van der Waals surface area contributed by atoms with Crippen molar-refractivity contribution in [1.29, 1.82) is 0 Å². The van der Waals surface area contributed by atoms with Crippen LogP contribution in [0.5, 0.6) is 0 Å². The number of nitrogens with one attached hydrogen (secondary N) is 1. The molecule has 4 atom stereocenters. The molecular formula is C17H18Cl3NO. The number of benzene rings is 1. The molecular weight excluding hydrogens is 341 g/mol. The zero-order valence-electron chi connectivity index (χ0n) is 12.2. The number of anilines is 1. The molecule has 4 aliphatic rings. The Morgan fingerprint density at radius 2 is 1.82 bits per heavy atom. The maximum atomic E-state index is 13.0. The second-order valence-electron chi connectivity index (χ2n) is 7.47. The van der Waals surface area contributed by atoms with E-state index >= 15 is 0 Å². The molecule has 5 heteroatoms. The molecule has 2 unspecified atom stereocenters. The monoisotopic (exact) mass is 357 g/mol. The first kappa shape index (κ1) is 15.1. The van der Waals surface area contributed by atoms with Crippen molar-refractivity contribution in [2.75, 3.05) is 5.32 Å². The van der Waals surface area contributed by atoms with Crippen molar-refractivity contribution in [3.63, 3.8) is 0 Å². The summed E-state index contributed by atoms with van der Waals surface area (Å²) in [6.07, 6.45) is 6.08. The van der Waals surface area contributed by atoms with Crippen molar-refractivity contribution >= 4 is 46.4 Å². The molecule has 5 rings (SSSR count). The van der Waals surface area contributed by atoms with Gasteiger partial charge < -0.3 is 5.32 Å². The maximum Gasteiger partial charge on any atom is 0.230 e. The normalized spacial score (nSPS) is 39.0. The molecule has 4 saturated carbocycles. The van der Waals surface area contributed by atoms with Crippen molar-refractivity contribution in [1.82, 2.24) is 0 Å². The summed E-state index contributed by atoms with van der Waals surface area (Å²) in [6, 6.07) is 5.14. The second kappa shape index (κ2) is 5.03. The van der Waals surface area contributed by atoms with Crippen molar-refractivity contribution in [2.24, 2.45) is 17.3 Å². The molecule has 0 saturated heterocycles. The minimum absolute atomic E-state index is 0.0655. The van der Waals surface area contributed by atoms with Gasteiger partial charge in [-0.25, -0.2) is 0 Å². The Balaban J connectivity index is 1.61. The molecule has 4 aliphatic carbocycles. The molecule has 1 amide bonds. The van der Waals surface area contributed by atoms with Gasteiger partial charge in [-0.3, -0.25) is 4.79 Å². The van der Waals surface area contributed by atoms with E-state index in [1.165, 1.54) is 6.42 Å². The summed E-state index contributed by atoms with van der Waals surface area (Å²) >= 11 is 19.0. The molecule has 4 bridgehead atoms. The molecule has 0 aliphatic heterocycles. The van der Waals surface area contributed by atoms with Crippen molar-refractivity contribution < 1.29 is 4.79 Å². The topological polar surface area (TPSA) is 29.1 Å². The third kappa shape index (κ3) is 2.44. The number of carbonyl (C=O) groups excluding carboxylic acids is 1. The van der Waals surface area contributed by atoms with Crippen LogP contribution in [0.25, 0.3) is 0 Å². The molecule has 22 heavy (non-hydrogen) atoms. The number of amides is 1. The highest BCUT2D eigenvalue weighted by molar-refractivity contribution is 6.35. The van der Waals surface area contributed by atoms with Crippen LogP contribution in [0.15, 0.2) is 18.2 Å². The Bertz CT molecular complexity index is 631. The fourth-order valence-electron chi connectivity index (χ4n) is 5.26. The fourth-order valence-corrected chi connectivity index (χ4v) is 6.29. The Kier molecular flexibility index (Phi) is 3.45. The minimum Gasteiger partial charge on any atom is -0.324 e. The van der Waals surface area contributed by atoms with Gasteiger partial charge in [0.2, 0.25) is 5.91 Å². The highest BCUT2D eigenvalue weighted by atomic mass is 35.5. The third-order valence-electron chi connectivity index (χ3n) is 5.65. The number of halogens is 3. The van der Waals surface area contributed by atoms with Gasteiger partial charge in [-0.2, -0.15) is 0 Å². The second-order valence-corrected chi connectivity index (χ2v) is 9.12. The SMILES string of the molecule is O=C(Nc1cc(Cl)ccc1Cl)C12C[C@@H]3C[C@@H](CC(Cl)(C3)C1)C2. The lowest BCUT2D eigenvalue weighted by Crippen LogP contribution is -2.57. The van der Waals surface area contributed by atoms with Crippen LogP contribution in [-0.2, 0) is 4.79 Å². The predicted molar refractivity (Wildman–Crippen MR) is 90.8 cm³/mol. The first-order chi connectivity index (χ1) is 10.4. The minimum atomic E-state index is -0.322. The van der Waals surface area contributed by atoms with Gasteiger partial charge in [-0.05, 0) is 68.6 Å². The van der Waals surface area contributed by atoms with E-state index in [9.17, 15) is 4.79 Å². The zero-order valence-corrected chi connectivity index (χ0v) is 14.4. The van der Waals surface area contributed by atoms with E-state index in [1.54, 1.807) is 18.2 Å². The van der Waals surface area contributed by atoms with Crippen LogP contribution in [0.3, 0.4) is 0 Å². The first-order valence-corrected chi connectivity index (χ1v) is 8.96. The third-order valence-corrected chi connectivity index (χ3v) is 6.65. The lowest BCUT2D eigenvalue weighted by atomic mass is 9.49. The quantitative estimate of drug-likeness (QED) is 0.694. The molecule has 0 heterocycles. The van der Waals surface area contributed by atoms with Crippen molar-refractivity contribution in [3.05, 3.63) is 28.2 Å². The number of hydrogen-bond acceptors (Lipinski definition) is 1. The first-order valence-electron chi connectivity index (χ1n) is 7.83. The summed E-state index contributed by atoms with van der Waals surface area (Å²) < 4.78 is 0. The van der Waals surface area contributed by atoms with E-state index < -0.39 is 0 Å². The molecule has 118 valence electrons. The van der Waals surface area contributed by atoms with E-state index in [0.29, 0.717) is 27.6 Å². The number of hydrogen-bond donors (Lipinski definition) is 1. The van der Waals surface area contributed by atoms with Gasteiger partial charge in [0.05, 0.1) is 16.1 Å². The van der Waals surface area contributed by atoms with Crippen molar-refractivity contribution in [2.45, 2.75) is 43.4 Å². The largest absolute Gasteiger partial charge is 0.324 e. The van der Waals surface area contributed by atoms with Gasteiger partial charge in [-0.15, -0.1) is 11.6 Å². The van der Waals surface area contributed by atoms with Gasteiger partial charge in [0.1, 0.15) is 0 Å². The van der Waals surface area contributed by atoms with Gasteiger partial charge in [0.15, 0.2) is 0 Å². The van der Waals surface area contributed by atoms with E-state index in [1.807, 2.05) is 0 Å². The molecule has 1 aromatic rings. The highest BCUT2D eigenvalue weighted by Crippen LogP contribution is 2.64. The van der Waals surface area contributed by atoms with Crippen LogP contribution in [0, 0.1) is 17.3 Å². The summed E-state index contributed by atoms with van der Waals surface area (Å²) in [6.45, 7) is 0. The smallest absolute Gasteiger partial charge is 0.230 e. The molecule has 1 N–H and O–H groups in total. The van der Waals surface area contributed by atoms with Crippen molar-refractivity contribution in [3.8, 4) is 0 Å². The van der Waals surface area contributed by atoms with E-state index in [-0.39, 0.29) is 16.2 Å². The van der Waals surface area contributed by atoms with E-state index in [2.05, 4.69) is 5.32 Å². The molecule has 1 aromatic carbocycles. The molecule has 0 radical (unpaired) electrons. The van der Waals surface area contributed by atoms with Crippen LogP contribution in [0.4, 0.5) is 5.69 Å². The van der Waals surface area contributed by atoms with Gasteiger partial charge in [-0.1, -0.05) is 23.2 Å². The Morgan fingerprint density at radius 1 is 1.14 bits per heavy atom. The Labute approximate surface area is 145 Å². The van der Waals surface area contributed by atoms with Crippen LogP contribution in [-0.4, -0.2) is 10.8 Å². The molecule has 0 spiro atoms. The average Bonchev–Trinajstić information content (AvgIpc) is 2.40. The van der Waals surface area contributed by atoms with Crippen LogP contribution >= 0.6 is 34.8 Å². The number of alkyl halides is 1. The molecule has 2 nitrogen and oxygen atoms in total. The number of rotatable bonds is 2. The van der Waals surface area contributed by atoms with Crippen LogP contribution in [0.1, 0.15) is 38.5 Å². The molecule has 4 fully saturated rings. The zero-order chi connectivity index (χ0) is 15.5. The molecule has 0 aromatic heterocycles. The maximum absolute atomic E-state index is 13.0. The lowest BCUT2D eigenvalue weighted by Gasteiger charge is -2.59.